The van der Waals surface area contributed by atoms with Gasteiger partial charge in [-0.05, 0) is 24.6 Å². The van der Waals surface area contributed by atoms with Gasteiger partial charge in [0.2, 0.25) is 0 Å². The molecule has 3 heteroatoms. The Kier molecular flexibility index (Phi) is 4.18. The van der Waals surface area contributed by atoms with Crippen molar-refractivity contribution >= 4 is 0 Å². The van der Waals surface area contributed by atoms with Gasteiger partial charge in [0.1, 0.15) is 6.10 Å². The molecular formula is C12H17NO2. The number of nitrogens with two attached hydrogens (primary N) is 1. The molecule has 1 unspecified atom stereocenters. The summed E-state index contributed by atoms with van der Waals surface area (Å²) in [6.45, 7) is 6.07. The Labute approximate surface area is 90.5 Å². The minimum Gasteiger partial charge on any atom is -0.493 e. The zero-order valence-electron chi connectivity index (χ0n) is 9.19. The molecule has 0 saturated carbocycles. The summed E-state index contributed by atoms with van der Waals surface area (Å²) in [4.78, 5) is 0. The van der Waals surface area contributed by atoms with Crippen LogP contribution in [-0.4, -0.2) is 13.2 Å². The van der Waals surface area contributed by atoms with Gasteiger partial charge in [-0.3, -0.25) is 0 Å². The van der Waals surface area contributed by atoms with Crippen LogP contribution in [0.4, 0.5) is 0 Å². The van der Waals surface area contributed by atoms with Crippen molar-refractivity contribution in [2.45, 2.75) is 19.6 Å². The average Bonchev–Trinajstić information content (AvgIpc) is 2.28. The summed E-state index contributed by atoms with van der Waals surface area (Å²) >= 11 is 0. The molecule has 1 aromatic carbocycles. The summed E-state index contributed by atoms with van der Waals surface area (Å²) in [5.74, 6) is 1.41. The van der Waals surface area contributed by atoms with Crippen molar-refractivity contribution in [2.24, 2.45) is 5.73 Å². The van der Waals surface area contributed by atoms with Crippen molar-refractivity contribution in [2.75, 3.05) is 7.11 Å². The third-order valence-corrected chi connectivity index (χ3v) is 2.11. The predicted molar refractivity (Wildman–Crippen MR) is 61.2 cm³/mol. The maximum absolute atomic E-state index is 5.63. The maximum Gasteiger partial charge on any atom is 0.162 e. The van der Waals surface area contributed by atoms with Crippen molar-refractivity contribution < 1.29 is 9.47 Å². The second kappa shape index (κ2) is 5.41. The number of hydrogen-bond donors (Lipinski definition) is 1. The second-order valence-electron chi connectivity index (χ2n) is 3.25. The highest BCUT2D eigenvalue weighted by atomic mass is 16.5. The highest BCUT2D eigenvalue weighted by Gasteiger charge is 2.07. The van der Waals surface area contributed by atoms with Crippen molar-refractivity contribution in [3.63, 3.8) is 0 Å². The smallest absolute Gasteiger partial charge is 0.162 e. The first-order chi connectivity index (χ1) is 7.21. The molecule has 0 aliphatic carbocycles. The van der Waals surface area contributed by atoms with Crippen LogP contribution in [-0.2, 0) is 6.54 Å². The van der Waals surface area contributed by atoms with Gasteiger partial charge < -0.3 is 15.2 Å². The summed E-state index contributed by atoms with van der Waals surface area (Å²) in [7, 11) is 1.61. The first-order valence-corrected chi connectivity index (χ1v) is 4.87. The van der Waals surface area contributed by atoms with Gasteiger partial charge in [0.25, 0.3) is 0 Å². The molecule has 0 radical (unpaired) electrons. The molecule has 0 fully saturated rings. The quantitative estimate of drug-likeness (QED) is 0.752. The van der Waals surface area contributed by atoms with E-state index in [0.29, 0.717) is 18.0 Å². The third-order valence-electron chi connectivity index (χ3n) is 2.11. The Bertz CT molecular complexity index is 336. The van der Waals surface area contributed by atoms with Crippen LogP contribution in [0.3, 0.4) is 0 Å². The van der Waals surface area contributed by atoms with E-state index in [1.54, 1.807) is 13.2 Å². The van der Waals surface area contributed by atoms with Crippen LogP contribution in [0, 0.1) is 0 Å². The molecule has 0 aliphatic rings. The van der Waals surface area contributed by atoms with Gasteiger partial charge in [0.15, 0.2) is 11.5 Å². The van der Waals surface area contributed by atoms with Crippen molar-refractivity contribution in [3.8, 4) is 11.5 Å². The van der Waals surface area contributed by atoms with Gasteiger partial charge >= 0.3 is 0 Å². The Morgan fingerprint density at radius 1 is 1.47 bits per heavy atom. The molecule has 0 amide bonds. The summed E-state index contributed by atoms with van der Waals surface area (Å²) in [5.41, 5.74) is 6.57. The largest absolute Gasteiger partial charge is 0.493 e. The van der Waals surface area contributed by atoms with E-state index < -0.39 is 0 Å². The summed E-state index contributed by atoms with van der Waals surface area (Å²) in [6.07, 6.45) is 1.68. The number of rotatable bonds is 5. The van der Waals surface area contributed by atoms with E-state index in [0.717, 1.165) is 5.56 Å². The van der Waals surface area contributed by atoms with E-state index in [4.69, 9.17) is 15.2 Å². The van der Waals surface area contributed by atoms with Gasteiger partial charge in [0.05, 0.1) is 7.11 Å². The molecule has 2 N–H and O–H groups in total. The molecular weight excluding hydrogens is 190 g/mol. The molecule has 3 nitrogen and oxygen atoms in total. The van der Waals surface area contributed by atoms with Crippen molar-refractivity contribution in [3.05, 3.63) is 36.4 Å². The fraction of sp³-hybridized carbons (Fsp3) is 0.333. The predicted octanol–water partition coefficient (Wildman–Crippen LogP) is 2.11. The minimum atomic E-state index is -0.0491. The molecule has 0 saturated heterocycles. The van der Waals surface area contributed by atoms with Crippen molar-refractivity contribution in [1.82, 2.24) is 0 Å². The van der Waals surface area contributed by atoms with Crippen LogP contribution >= 0.6 is 0 Å². The maximum atomic E-state index is 5.63. The number of hydrogen-bond acceptors (Lipinski definition) is 3. The Hall–Kier alpha value is -1.48. The molecule has 1 aromatic rings. The van der Waals surface area contributed by atoms with Gasteiger partial charge in [-0.25, -0.2) is 0 Å². The number of methoxy groups -OCH3 is 1. The lowest BCUT2D eigenvalue weighted by atomic mass is 10.2. The molecule has 1 atom stereocenters. The van der Waals surface area contributed by atoms with Crippen LogP contribution in [0.5, 0.6) is 11.5 Å². The molecule has 82 valence electrons. The summed E-state index contributed by atoms with van der Waals surface area (Å²) < 4.78 is 10.8. The van der Waals surface area contributed by atoms with Crippen molar-refractivity contribution in [1.29, 1.82) is 0 Å². The Morgan fingerprint density at radius 2 is 2.20 bits per heavy atom. The lowest BCUT2D eigenvalue weighted by Crippen LogP contribution is -2.09. The number of ether oxygens (including phenoxy) is 2. The lowest BCUT2D eigenvalue weighted by molar-refractivity contribution is 0.254. The lowest BCUT2D eigenvalue weighted by Gasteiger charge is -2.14. The average molecular weight is 207 g/mol. The van der Waals surface area contributed by atoms with Gasteiger partial charge in [0, 0.05) is 6.54 Å². The molecule has 1 rings (SSSR count). The summed E-state index contributed by atoms with van der Waals surface area (Å²) in [6, 6.07) is 5.66. The van der Waals surface area contributed by atoms with Crippen LogP contribution < -0.4 is 15.2 Å². The van der Waals surface area contributed by atoms with Crippen LogP contribution in [0.2, 0.25) is 0 Å². The van der Waals surface area contributed by atoms with E-state index in [9.17, 15) is 0 Å². The summed E-state index contributed by atoms with van der Waals surface area (Å²) in [5, 5.41) is 0. The zero-order valence-corrected chi connectivity index (χ0v) is 9.19. The van der Waals surface area contributed by atoms with Crippen LogP contribution in [0.1, 0.15) is 12.5 Å². The van der Waals surface area contributed by atoms with Crippen LogP contribution in [0.25, 0.3) is 0 Å². The van der Waals surface area contributed by atoms with E-state index >= 15 is 0 Å². The highest BCUT2D eigenvalue weighted by Crippen LogP contribution is 2.28. The van der Waals surface area contributed by atoms with Gasteiger partial charge in [-0.15, -0.1) is 0 Å². The molecule has 0 heterocycles. The van der Waals surface area contributed by atoms with E-state index in [1.807, 2.05) is 25.1 Å². The SMILES string of the molecule is C=CC(C)Oc1cc(CN)ccc1OC. The Balaban J connectivity index is 2.95. The molecule has 0 spiro atoms. The van der Waals surface area contributed by atoms with E-state index in [2.05, 4.69) is 6.58 Å². The molecule has 0 bridgehead atoms. The topological polar surface area (TPSA) is 44.5 Å². The number of benzene rings is 1. The van der Waals surface area contributed by atoms with E-state index in [1.165, 1.54) is 0 Å². The fourth-order valence-electron chi connectivity index (χ4n) is 1.19. The molecule has 0 aliphatic heterocycles. The minimum absolute atomic E-state index is 0.0491. The highest BCUT2D eigenvalue weighted by molar-refractivity contribution is 5.43. The normalized spacial score (nSPS) is 11.9. The van der Waals surface area contributed by atoms with Crippen LogP contribution in [0.15, 0.2) is 30.9 Å². The monoisotopic (exact) mass is 207 g/mol. The standard InChI is InChI=1S/C12H17NO2/c1-4-9(2)15-12-7-10(8-13)5-6-11(12)14-3/h4-7,9H,1,8,13H2,2-3H3. The third kappa shape index (κ3) is 2.99. The van der Waals surface area contributed by atoms with Gasteiger partial charge in [-0.1, -0.05) is 18.7 Å². The second-order valence-corrected chi connectivity index (χ2v) is 3.25. The van der Waals surface area contributed by atoms with E-state index in [-0.39, 0.29) is 6.10 Å². The zero-order chi connectivity index (χ0) is 11.3. The first-order valence-electron chi connectivity index (χ1n) is 4.87. The fourth-order valence-corrected chi connectivity index (χ4v) is 1.19. The molecule has 15 heavy (non-hydrogen) atoms. The first kappa shape index (κ1) is 11.6. The molecule has 0 aromatic heterocycles. The van der Waals surface area contributed by atoms with Gasteiger partial charge in [-0.2, -0.15) is 0 Å². The Morgan fingerprint density at radius 3 is 2.73 bits per heavy atom.